The van der Waals surface area contributed by atoms with E-state index in [9.17, 15) is 4.79 Å². The molecule has 8 heteroatoms. The first-order chi connectivity index (χ1) is 11.6. The van der Waals surface area contributed by atoms with E-state index < -0.39 is 5.97 Å². The number of anilines is 1. The number of piperidine rings is 1. The van der Waals surface area contributed by atoms with Crippen molar-refractivity contribution in [2.45, 2.75) is 37.6 Å². The zero-order chi connectivity index (χ0) is 17.0. The lowest BCUT2D eigenvalue weighted by Crippen LogP contribution is -2.57. The Hall–Kier alpha value is -0.890. The molecule has 0 atom stereocenters. The normalized spacial score (nSPS) is 21.4. The molecule has 1 aromatic rings. The van der Waals surface area contributed by atoms with E-state index >= 15 is 0 Å². The third-order valence-electron chi connectivity index (χ3n) is 4.98. The first kappa shape index (κ1) is 17.9. The molecular weight excluding hydrogens is 350 g/mol. The smallest absolute Gasteiger partial charge is 0.351 e. The highest BCUT2D eigenvalue weighted by Crippen LogP contribution is 2.33. The number of aromatic nitrogens is 1. The number of likely N-dealkylation sites (tertiary alicyclic amines) is 1. The van der Waals surface area contributed by atoms with Gasteiger partial charge >= 0.3 is 5.97 Å². The standard InChI is InChI=1S/C16H24ClN3O3S/c1-22-14(21)12-13(17)19-15(24-12)18-11-16(5-9-23-10-6-16)20-7-3-2-4-8-20/h2-11H2,1H3,(H,18,19). The van der Waals surface area contributed by atoms with Gasteiger partial charge in [0.25, 0.3) is 0 Å². The number of carbonyl (C=O) groups is 1. The van der Waals surface area contributed by atoms with Gasteiger partial charge < -0.3 is 14.8 Å². The minimum Gasteiger partial charge on any atom is -0.465 e. The average molecular weight is 374 g/mol. The van der Waals surface area contributed by atoms with Gasteiger partial charge in [-0.3, -0.25) is 4.90 Å². The van der Waals surface area contributed by atoms with Crippen LogP contribution in [0.3, 0.4) is 0 Å². The number of hydrogen-bond acceptors (Lipinski definition) is 7. The third kappa shape index (κ3) is 3.85. The number of ether oxygens (including phenoxy) is 2. The lowest BCUT2D eigenvalue weighted by molar-refractivity contribution is -0.0293. The van der Waals surface area contributed by atoms with Crippen LogP contribution >= 0.6 is 22.9 Å². The number of methoxy groups -OCH3 is 1. The maximum atomic E-state index is 11.7. The molecule has 6 nitrogen and oxygen atoms in total. The third-order valence-corrected chi connectivity index (χ3v) is 6.35. The molecule has 0 aromatic carbocycles. The predicted octanol–water partition coefficient (Wildman–Crippen LogP) is 3.03. The number of thiazole rings is 1. The molecule has 3 heterocycles. The molecule has 2 aliphatic heterocycles. The molecule has 0 aliphatic carbocycles. The van der Waals surface area contributed by atoms with Gasteiger partial charge in [0.1, 0.15) is 0 Å². The molecule has 0 radical (unpaired) electrons. The van der Waals surface area contributed by atoms with E-state index in [0.29, 0.717) is 10.0 Å². The van der Waals surface area contributed by atoms with Crippen molar-refractivity contribution >= 4 is 34.0 Å². The Morgan fingerprint density at radius 1 is 1.38 bits per heavy atom. The lowest BCUT2D eigenvalue weighted by Gasteiger charge is -2.48. The van der Waals surface area contributed by atoms with Gasteiger partial charge in [-0.1, -0.05) is 29.4 Å². The largest absolute Gasteiger partial charge is 0.465 e. The molecule has 1 aromatic heterocycles. The van der Waals surface area contributed by atoms with Crippen molar-refractivity contribution in [3.63, 3.8) is 0 Å². The number of carbonyl (C=O) groups excluding carboxylic acids is 1. The first-order valence-electron chi connectivity index (χ1n) is 8.46. The summed E-state index contributed by atoms with van der Waals surface area (Å²) in [6.07, 6.45) is 5.88. The van der Waals surface area contributed by atoms with Crippen LogP contribution in [-0.4, -0.2) is 61.3 Å². The lowest BCUT2D eigenvalue weighted by atomic mass is 9.86. The maximum Gasteiger partial charge on any atom is 0.351 e. The highest BCUT2D eigenvalue weighted by molar-refractivity contribution is 7.18. The number of rotatable bonds is 5. The SMILES string of the molecule is COC(=O)c1sc(NCC2(N3CCCCC3)CCOCC2)nc1Cl. The molecule has 2 fully saturated rings. The quantitative estimate of drug-likeness (QED) is 0.800. The van der Waals surface area contributed by atoms with E-state index in [-0.39, 0.29) is 10.7 Å². The van der Waals surface area contributed by atoms with Crippen LogP contribution in [0.2, 0.25) is 5.15 Å². The van der Waals surface area contributed by atoms with E-state index in [4.69, 9.17) is 21.1 Å². The number of esters is 1. The molecule has 2 aliphatic rings. The van der Waals surface area contributed by atoms with Crippen LogP contribution in [0.1, 0.15) is 41.8 Å². The second kappa shape index (κ2) is 7.99. The Bertz CT molecular complexity index is 569. The number of hydrogen-bond donors (Lipinski definition) is 1. The van der Waals surface area contributed by atoms with Gasteiger partial charge in [-0.25, -0.2) is 9.78 Å². The van der Waals surface area contributed by atoms with Crippen molar-refractivity contribution < 1.29 is 14.3 Å². The Labute approximate surface area is 151 Å². The van der Waals surface area contributed by atoms with Crippen molar-refractivity contribution in [2.75, 3.05) is 45.3 Å². The van der Waals surface area contributed by atoms with Gasteiger partial charge in [0.15, 0.2) is 15.2 Å². The van der Waals surface area contributed by atoms with Crippen LogP contribution < -0.4 is 5.32 Å². The molecule has 0 saturated carbocycles. The fraction of sp³-hybridized carbons (Fsp3) is 0.750. The van der Waals surface area contributed by atoms with E-state index in [2.05, 4.69) is 15.2 Å². The van der Waals surface area contributed by atoms with Gasteiger partial charge in [0.2, 0.25) is 0 Å². The van der Waals surface area contributed by atoms with Crippen molar-refractivity contribution in [3.8, 4) is 0 Å². The topological polar surface area (TPSA) is 63.7 Å². The monoisotopic (exact) mass is 373 g/mol. The van der Waals surface area contributed by atoms with Crippen LogP contribution in [0, 0.1) is 0 Å². The molecule has 0 amide bonds. The van der Waals surface area contributed by atoms with Crippen LogP contribution in [-0.2, 0) is 9.47 Å². The molecule has 0 spiro atoms. The number of halogens is 1. The zero-order valence-corrected chi connectivity index (χ0v) is 15.5. The Morgan fingerprint density at radius 2 is 2.08 bits per heavy atom. The second-order valence-electron chi connectivity index (χ2n) is 6.37. The highest BCUT2D eigenvalue weighted by Gasteiger charge is 2.39. The van der Waals surface area contributed by atoms with Crippen molar-refractivity contribution in [2.24, 2.45) is 0 Å². The van der Waals surface area contributed by atoms with Crippen molar-refractivity contribution in [1.82, 2.24) is 9.88 Å². The minimum absolute atomic E-state index is 0.0994. The molecule has 1 N–H and O–H groups in total. The molecule has 24 heavy (non-hydrogen) atoms. The van der Waals surface area contributed by atoms with Crippen LogP contribution in [0.25, 0.3) is 0 Å². The number of nitrogens with one attached hydrogen (secondary N) is 1. The molecule has 134 valence electrons. The summed E-state index contributed by atoms with van der Waals surface area (Å²) in [6.45, 7) is 4.68. The summed E-state index contributed by atoms with van der Waals surface area (Å²) >= 11 is 7.30. The van der Waals surface area contributed by atoms with Gasteiger partial charge in [-0.05, 0) is 38.8 Å². The van der Waals surface area contributed by atoms with Crippen LogP contribution in [0.4, 0.5) is 5.13 Å². The van der Waals surface area contributed by atoms with Gasteiger partial charge in [-0.15, -0.1) is 0 Å². The minimum atomic E-state index is -0.442. The zero-order valence-electron chi connectivity index (χ0n) is 14.0. The molecule has 3 rings (SSSR count). The number of nitrogens with zero attached hydrogens (tertiary/aromatic N) is 2. The molecular formula is C16H24ClN3O3S. The Balaban J connectivity index is 1.70. The summed E-state index contributed by atoms with van der Waals surface area (Å²) in [5.41, 5.74) is 0.0994. The predicted molar refractivity (Wildman–Crippen MR) is 95.2 cm³/mol. The van der Waals surface area contributed by atoms with E-state index in [0.717, 1.165) is 45.7 Å². The van der Waals surface area contributed by atoms with Crippen LogP contribution in [0.5, 0.6) is 0 Å². The fourth-order valence-electron chi connectivity index (χ4n) is 3.56. The average Bonchev–Trinajstić information content (AvgIpc) is 3.02. The van der Waals surface area contributed by atoms with Gasteiger partial charge in [0, 0.05) is 25.3 Å². The summed E-state index contributed by atoms with van der Waals surface area (Å²) in [5, 5.41) is 4.28. The summed E-state index contributed by atoms with van der Waals surface area (Å²) in [5.74, 6) is -0.442. The van der Waals surface area contributed by atoms with Gasteiger partial charge in [-0.2, -0.15) is 0 Å². The van der Waals surface area contributed by atoms with Crippen molar-refractivity contribution in [3.05, 3.63) is 10.0 Å². The molecule has 0 bridgehead atoms. The van der Waals surface area contributed by atoms with E-state index in [1.807, 2.05) is 0 Å². The second-order valence-corrected chi connectivity index (χ2v) is 7.73. The van der Waals surface area contributed by atoms with E-state index in [1.165, 1.54) is 37.7 Å². The summed E-state index contributed by atoms with van der Waals surface area (Å²) in [6, 6.07) is 0. The maximum absolute atomic E-state index is 11.7. The van der Waals surface area contributed by atoms with E-state index in [1.54, 1.807) is 0 Å². The van der Waals surface area contributed by atoms with Gasteiger partial charge in [0.05, 0.1) is 7.11 Å². The van der Waals surface area contributed by atoms with Crippen molar-refractivity contribution in [1.29, 1.82) is 0 Å². The fourth-order valence-corrected chi connectivity index (χ4v) is 4.66. The Morgan fingerprint density at radius 3 is 2.75 bits per heavy atom. The summed E-state index contributed by atoms with van der Waals surface area (Å²) in [4.78, 5) is 18.9. The summed E-state index contributed by atoms with van der Waals surface area (Å²) in [7, 11) is 1.35. The summed E-state index contributed by atoms with van der Waals surface area (Å²) < 4.78 is 10.3. The molecule has 2 saturated heterocycles. The highest BCUT2D eigenvalue weighted by atomic mass is 35.5. The molecule has 0 unspecified atom stereocenters. The Kier molecular flexibility index (Phi) is 5.97. The first-order valence-corrected chi connectivity index (χ1v) is 9.65. The van der Waals surface area contributed by atoms with Crippen LogP contribution in [0.15, 0.2) is 0 Å².